The van der Waals surface area contributed by atoms with E-state index < -0.39 is 0 Å². The Bertz CT molecular complexity index is 317. The average Bonchev–Trinajstić information content (AvgIpc) is 2.47. The van der Waals surface area contributed by atoms with Crippen molar-refractivity contribution in [1.29, 1.82) is 0 Å². The molecule has 2 heteroatoms. The lowest BCUT2D eigenvalue weighted by Gasteiger charge is -2.05. The summed E-state index contributed by atoms with van der Waals surface area (Å²) in [7, 11) is 0. The zero-order valence-corrected chi connectivity index (χ0v) is 9.41. The highest BCUT2D eigenvalue weighted by molar-refractivity contribution is 5.52. The van der Waals surface area contributed by atoms with Crippen molar-refractivity contribution in [3.8, 4) is 0 Å². The summed E-state index contributed by atoms with van der Waals surface area (Å²) in [5.41, 5.74) is 2.62. The summed E-state index contributed by atoms with van der Waals surface area (Å²) in [4.78, 5) is 8.24. The van der Waals surface area contributed by atoms with Crippen LogP contribution >= 0.6 is 0 Å². The molecule has 1 heterocycles. The third-order valence-corrected chi connectivity index (χ3v) is 1.39. The molecule has 0 aromatic carbocycles. The highest BCUT2D eigenvalue weighted by Crippen LogP contribution is 2.11. The Balaban J connectivity index is -0.0000000303. The molecule has 0 saturated carbocycles. The molecule has 2 nitrogen and oxygen atoms in total. The van der Waals surface area contributed by atoms with Gasteiger partial charge in [0.25, 0.3) is 0 Å². The summed E-state index contributed by atoms with van der Waals surface area (Å²) in [6, 6.07) is 0. The van der Waals surface area contributed by atoms with Crippen LogP contribution in [0.1, 0.15) is 91.1 Å². The minimum atomic E-state index is 0. The van der Waals surface area contributed by atoms with Gasteiger partial charge in [-0.1, -0.05) is 85.8 Å². The molecule has 0 spiro atoms. The van der Waals surface area contributed by atoms with Crippen LogP contribution < -0.4 is 0 Å². The van der Waals surface area contributed by atoms with Crippen molar-refractivity contribution in [2.24, 2.45) is 5.41 Å². The maximum Gasteiger partial charge on any atom is 0.0845 e. The van der Waals surface area contributed by atoms with E-state index in [0.29, 0.717) is 5.41 Å². The van der Waals surface area contributed by atoms with E-state index in [9.17, 15) is 0 Å². The molecule has 2 rings (SSSR count). The van der Waals surface area contributed by atoms with E-state index in [4.69, 9.17) is 0 Å². The topological polar surface area (TPSA) is 25.8 Å². The Morgan fingerprint density at radius 3 is 1.52 bits per heavy atom. The standard InChI is InChI=1S/C7H6N2.C5H12.7CH4/c1-2-6-7(3-1)9-5-4-8-6;1-5(2,3)4;;;;;;;/h1-2,4-5H,3H2;1-4H3;7*1H4. The lowest BCUT2D eigenvalue weighted by Crippen LogP contribution is -1.93. The molecule has 1 aromatic heterocycles. The van der Waals surface area contributed by atoms with Crippen molar-refractivity contribution in [2.45, 2.75) is 86.1 Å². The van der Waals surface area contributed by atoms with E-state index in [1.807, 2.05) is 6.08 Å². The summed E-state index contributed by atoms with van der Waals surface area (Å²) in [6.07, 6.45) is 8.47. The molecule has 21 heavy (non-hydrogen) atoms. The van der Waals surface area contributed by atoms with Crippen molar-refractivity contribution in [2.75, 3.05) is 0 Å². The molecule has 0 fully saturated rings. The van der Waals surface area contributed by atoms with Gasteiger partial charge in [0.2, 0.25) is 0 Å². The number of fused-ring (bicyclic) bond motifs is 1. The molecule has 0 N–H and O–H groups in total. The van der Waals surface area contributed by atoms with Crippen molar-refractivity contribution >= 4 is 6.08 Å². The Labute approximate surface area is 138 Å². The summed E-state index contributed by atoms with van der Waals surface area (Å²) in [6.45, 7) is 8.75. The molecule has 0 atom stereocenters. The number of hydrogen-bond acceptors (Lipinski definition) is 2. The van der Waals surface area contributed by atoms with Crippen LogP contribution in [-0.4, -0.2) is 9.97 Å². The molecular formula is C19H46N2. The first-order valence-electron chi connectivity index (χ1n) is 4.93. The largest absolute Gasteiger partial charge is 0.257 e. The van der Waals surface area contributed by atoms with E-state index in [0.717, 1.165) is 17.8 Å². The first-order chi connectivity index (χ1) is 6.47. The second kappa shape index (κ2) is 18.8. The highest BCUT2D eigenvalue weighted by Gasteiger charge is 2.03. The van der Waals surface area contributed by atoms with Crippen LogP contribution in [0.2, 0.25) is 0 Å². The van der Waals surface area contributed by atoms with Crippen molar-refractivity contribution in [3.63, 3.8) is 0 Å². The number of nitrogens with zero attached hydrogens (tertiary/aromatic N) is 2. The van der Waals surface area contributed by atoms with Gasteiger partial charge in [-0.3, -0.25) is 9.97 Å². The second-order valence-electron chi connectivity index (χ2n) is 4.99. The van der Waals surface area contributed by atoms with Gasteiger partial charge in [0.15, 0.2) is 0 Å². The van der Waals surface area contributed by atoms with Gasteiger partial charge in [-0.05, 0) is 11.5 Å². The van der Waals surface area contributed by atoms with Crippen molar-refractivity contribution < 1.29 is 0 Å². The van der Waals surface area contributed by atoms with E-state index in [1.165, 1.54) is 0 Å². The highest BCUT2D eigenvalue weighted by atomic mass is 14.8. The number of hydrogen-bond donors (Lipinski definition) is 0. The van der Waals surface area contributed by atoms with Gasteiger partial charge in [0.1, 0.15) is 0 Å². The van der Waals surface area contributed by atoms with Gasteiger partial charge in [-0.25, -0.2) is 0 Å². The van der Waals surface area contributed by atoms with Crippen LogP contribution in [-0.2, 0) is 6.42 Å². The number of allylic oxidation sites excluding steroid dienone is 1. The van der Waals surface area contributed by atoms with Crippen LogP contribution in [0.15, 0.2) is 18.5 Å². The fourth-order valence-electron chi connectivity index (χ4n) is 0.956. The minimum absolute atomic E-state index is 0. The molecule has 1 aliphatic rings. The molecule has 132 valence electrons. The van der Waals surface area contributed by atoms with Gasteiger partial charge in [0, 0.05) is 18.8 Å². The van der Waals surface area contributed by atoms with E-state index in [2.05, 4.69) is 43.7 Å². The minimum Gasteiger partial charge on any atom is -0.257 e. The fourth-order valence-corrected chi connectivity index (χ4v) is 0.956. The quantitative estimate of drug-likeness (QED) is 0.494. The lowest BCUT2D eigenvalue weighted by molar-refractivity contribution is 0.469. The second-order valence-corrected chi connectivity index (χ2v) is 4.99. The lowest BCUT2D eigenvalue weighted by atomic mass is 10.0. The Kier molecular flexibility index (Phi) is 38.3. The predicted molar refractivity (Wildman–Crippen MR) is 107 cm³/mol. The summed E-state index contributed by atoms with van der Waals surface area (Å²) >= 11 is 0. The Morgan fingerprint density at radius 2 is 1.14 bits per heavy atom. The van der Waals surface area contributed by atoms with Crippen molar-refractivity contribution in [1.82, 2.24) is 9.97 Å². The van der Waals surface area contributed by atoms with Crippen LogP contribution in [0, 0.1) is 5.41 Å². The zero-order chi connectivity index (χ0) is 10.6. The maximum atomic E-state index is 4.13. The molecule has 0 radical (unpaired) electrons. The SMILES string of the molecule is C.C.C.C.C.C.C.C1=Cc2nccnc2C1.CC(C)(C)C. The monoisotopic (exact) mass is 302 g/mol. The van der Waals surface area contributed by atoms with Gasteiger partial charge in [-0.15, -0.1) is 0 Å². The summed E-state index contributed by atoms with van der Waals surface area (Å²) in [5.74, 6) is 0. The van der Waals surface area contributed by atoms with Crippen LogP contribution in [0.3, 0.4) is 0 Å². The maximum absolute atomic E-state index is 4.13. The first-order valence-corrected chi connectivity index (χ1v) is 4.93. The van der Waals surface area contributed by atoms with Gasteiger partial charge >= 0.3 is 0 Å². The fraction of sp³-hybridized carbons (Fsp3) is 0.684. The van der Waals surface area contributed by atoms with E-state index in [1.54, 1.807) is 12.4 Å². The Morgan fingerprint density at radius 1 is 0.762 bits per heavy atom. The number of rotatable bonds is 0. The van der Waals surface area contributed by atoms with Gasteiger partial charge < -0.3 is 0 Å². The number of aromatic nitrogens is 2. The molecule has 0 aliphatic heterocycles. The van der Waals surface area contributed by atoms with E-state index in [-0.39, 0.29) is 52.0 Å². The molecular weight excluding hydrogens is 256 g/mol. The van der Waals surface area contributed by atoms with Crippen molar-refractivity contribution in [3.05, 3.63) is 29.9 Å². The Hall–Kier alpha value is -1.18. The third kappa shape index (κ3) is 21.3. The first kappa shape index (κ1) is 42.7. The summed E-state index contributed by atoms with van der Waals surface area (Å²) < 4.78 is 0. The smallest absolute Gasteiger partial charge is 0.0845 e. The van der Waals surface area contributed by atoms with E-state index >= 15 is 0 Å². The normalized spacial score (nSPS) is 8.76. The summed E-state index contributed by atoms with van der Waals surface area (Å²) in [5, 5.41) is 0. The average molecular weight is 303 g/mol. The zero-order valence-electron chi connectivity index (χ0n) is 9.41. The predicted octanol–water partition coefficient (Wildman–Crippen LogP) is 7.55. The molecule has 1 aromatic rings. The van der Waals surface area contributed by atoms with Crippen LogP contribution in [0.4, 0.5) is 0 Å². The third-order valence-electron chi connectivity index (χ3n) is 1.39. The molecule has 0 saturated heterocycles. The van der Waals surface area contributed by atoms with Crippen LogP contribution in [0.25, 0.3) is 6.08 Å². The molecule has 1 aliphatic carbocycles. The molecule has 0 bridgehead atoms. The van der Waals surface area contributed by atoms with Gasteiger partial charge in [0.05, 0.1) is 11.4 Å². The molecule has 0 amide bonds. The van der Waals surface area contributed by atoms with Gasteiger partial charge in [-0.2, -0.15) is 0 Å². The molecule has 0 unspecified atom stereocenters. The van der Waals surface area contributed by atoms with Crippen LogP contribution in [0.5, 0.6) is 0 Å².